The topological polar surface area (TPSA) is 94.2 Å². The fourth-order valence-electron chi connectivity index (χ4n) is 2.20. The Morgan fingerprint density at radius 1 is 0.958 bits per heavy atom. The number of esters is 2. The van der Waals surface area contributed by atoms with Gasteiger partial charge in [0, 0.05) is 17.8 Å². The maximum Gasteiger partial charge on any atom is 0.426 e. The predicted octanol–water partition coefficient (Wildman–Crippen LogP) is 2.03. The van der Waals surface area contributed by atoms with E-state index in [1.807, 2.05) is 0 Å². The second-order valence-corrected chi connectivity index (χ2v) is 6.24. The molecule has 134 valence electrons. The van der Waals surface area contributed by atoms with Crippen LogP contribution in [-0.4, -0.2) is 42.9 Å². The average molecular weight is 340 g/mol. The zero-order valence-corrected chi connectivity index (χ0v) is 15.1. The minimum absolute atomic E-state index is 0.0590. The molecule has 0 aromatic carbocycles. The fourth-order valence-corrected chi connectivity index (χ4v) is 2.20. The molecule has 0 saturated carbocycles. The number of nitrogens with zero attached hydrogens (tertiary/aromatic N) is 1. The Morgan fingerprint density at radius 2 is 1.38 bits per heavy atom. The highest BCUT2D eigenvalue weighted by atomic mass is 16.6. The molecule has 1 rings (SSSR count). The van der Waals surface area contributed by atoms with Crippen LogP contribution in [0.25, 0.3) is 0 Å². The van der Waals surface area contributed by atoms with Gasteiger partial charge in [-0.15, -0.1) is 0 Å². The summed E-state index contributed by atoms with van der Waals surface area (Å²) >= 11 is 0. The molecule has 0 bridgehead atoms. The number of methoxy groups -OCH3 is 2. The zero-order chi connectivity index (χ0) is 18.7. The molecule has 8 heteroatoms. The van der Waals surface area contributed by atoms with E-state index < -0.39 is 23.6 Å². The van der Waals surface area contributed by atoms with E-state index in [0.717, 1.165) is 0 Å². The van der Waals surface area contributed by atoms with Crippen LogP contribution >= 0.6 is 0 Å². The number of hydrazine groups is 1. The lowest BCUT2D eigenvalue weighted by Gasteiger charge is -2.33. The third-order valence-electron chi connectivity index (χ3n) is 3.36. The Bertz CT molecular complexity index is 575. The van der Waals surface area contributed by atoms with Gasteiger partial charge in [-0.1, -0.05) is 0 Å². The maximum atomic E-state index is 12.1. The molecule has 0 radical (unpaired) electrons. The first-order chi connectivity index (χ1) is 11.0. The van der Waals surface area contributed by atoms with E-state index in [1.54, 1.807) is 34.6 Å². The van der Waals surface area contributed by atoms with E-state index in [2.05, 4.69) is 5.43 Å². The van der Waals surface area contributed by atoms with Crippen molar-refractivity contribution in [3.05, 3.63) is 22.5 Å². The molecule has 0 unspecified atom stereocenters. The summed E-state index contributed by atoms with van der Waals surface area (Å²) in [6, 6.07) is 0. The zero-order valence-electron chi connectivity index (χ0n) is 15.1. The molecular weight excluding hydrogens is 316 g/mol. The van der Waals surface area contributed by atoms with Crippen LogP contribution in [0.15, 0.2) is 22.5 Å². The van der Waals surface area contributed by atoms with Crippen LogP contribution in [0.4, 0.5) is 4.79 Å². The number of hydrogen-bond donors (Lipinski definition) is 1. The smallest absolute Gasteiger partial charge is 0.426 e. The third-order valence-corrected chi connectivity index (χ3v) is 3.36. The largest absolute Gasteiger partial charge is 0.466 e. The molecule has 8 nitrogen and oxygen atoms in total. The number of rotatable bonds is 3. The SMILES string of the molecule is COC(=O)C1=C(C)N(NC(=O)OC(C)(C)C)C(C)=C(C(=O)OC)C1. The van der Waals surface area contributed by atoms with E-state index in [4.69, 9.17) is 14.2 Å². The monoisotopic (exact) mass is 340 g/mol. The molecule has 1 N–H and O–H groups in total. The van der Waals surface area contributed by atoms with Gasteiger partial charge in [0.15, 0.2) is 0 Å². The van der Waals surface area contributed by atoms with Crippen molar-refractivity contribution in [1.82, 2.24) is 10.4 Å². The van der Waals surface area contributed by atoms with Crippen LogP contribution in [0.3, 0.4) is 0 Å². The molecule has 0 aliphatic carbocycles. The summed E-state index contributed by atoms with van der Waals surface area (Å²) in [6.45, 7) is 8.47. The third kappa shape index (κ3) is 4.50. The summed E-state index contributed by atoms with van der Waals surface area (Å²) in [5, 5.41) is 1.33. The van der Waals surface area contributed by atoms with Gasteiger partial charge < -0.3 is 14.2 Å². The van der Waals surface area contributed by atoms with Crippen LogP contribution in [0.5, 0.6) is 0 Å². The van der Waals surface area contributed by atoms with E-state index in [-0.39, 0.29) is 17.6 Å². The first-order valence-electron chi connectivity index (χ1n) is 7.37. The number of carbonyl (C=O) groups excluding carboxylic acids is 3. The Labute approximate surface area is 141 Å². The molecule has 0 aromatic heterocycles. The predicted molar refractivity (Wildman–Crippen MR) is 85.3 cm³/mol. The van der Waals surface area contributed by atoms with Crippen LogP contribution in [0.1, 0.15) is 41.0 Å². The van der Waals surface area contributed by atoms with Crippen molar-refractivity contribution in [1.29, 1.82) is 0 Å². The van der Waals surface area contributed by atoms with Gasteiger partial charge in [0.1, 0.15) is 5.60 Å². The van der Waals surface area contributed by atoms with E-state index in [0.29, 0.717) is 11.4 Å². The molecule has 0 spiro atoms. The lowest BCUT2D eigenvalue weighted by atomic mass is 9.97. The van der Waals surface area contributed by atoms with Crippen LogP contribution in [0, 0.1) is 0 Å². The molecule has 0 aromatic rings. The number of nitrogens with one attached hydrogen (secondary N) is 1. The second kappa shape index (κ2) is 7.37. The average Bonchev–Trinajstić information content (AvgIpc) is 2.48. The summed E-state index contributed by atoms with van der Waals surface area (Å²) < 4.78 is 14.7. The highest BCUT2D eigenvalue weighted by Crippen LogP contribution is 2.30. The van der Waals surface area contributed by atoms with Gasteiger partial charge in [-0.3, -0.25) is 5.01 Å². The van der Waals surface area contributed by atoms with Crippen molar-refractivity contribution < 1.29 is 28.6 Å². The Balaban J connectivity index is 3.22. The highest BCUT2D eigenvalue weighted by Gasteiger charge is 2.32. The van der Waals surface area contributed by atoms with Gasteiger partial charge in [-0.2, -0.15) is 0 Å². The van der Waals surface area contributed by atoms with Gasteiger partial charge in [-0.25, -0.2) is 19.8 Å². The number of allylic oxidation sites excluding steroid dienone is 2. The second-order valence-electron chi connectivity index (χ2n) is 6.24. The van der Waals surface area contributed by atoms with Crippen LogP contribution in [-0.2, 0) is 23.8 Å². The first-order valence-corrected chi connectivity index (χ1v) is 7.37. The lowest BCUT2D eigenvalue weighted by Crippen LogP contribution is -2.45. The molecule has 1 aliphatic heterocycles. The molecule has 1 amide bonds. The summed E-state index contributed by atoms with van der Waals surface area (Å²) in [6.07, 6.45) is -0.653. The number of carbonyl (C=O) groups is 3. The normalized spacial score (nSPS) is 15.2. The minimum Gasteiger partial charge on any atom is -0.466 e. The summed E-state index contributed by atoms with van der Waals surface area (Å²) in [7, 11) is 2.49. The van der Waals surface area contributed by atoms with Crippen molar-refractivity contribution in [2.45, 2.75) is 46.6 Å². The van der Waals surface area contributed by atoms with E-state index in [9.17, 15) is 14.4 Å². The van der Waals surface area contributed by atoms with Crippen molar-refractivity contribution in [2.24, 2.45) is 0 Å². The van der Waals surface area contributed by atoms with Gasteiger partial charge in [0.05, 0.1) is 25.4 Å². The summed E-state index contributed by atoms with van der Waals surface area (Å²) in [5.74, 6) is -1.17. The fraction of sp³-hybridized carbons (Fsp3) is 0.562. The molecule has 24 heavy (non-hydrogen) atoms. The van der Waals surface area contributed by atoms with Crippen molar-refractivity contribution in [3.63, 3.8) is 0 Å². The summed E-state index contributed by atoms with van der Waals surface area (Å²) in [4.78, 5) is 36.0. The van der Waals surface area contributed by atoms with E-state index >= 15 is 0 Å². The van der Waals surface area contributed by atoms with Crippen molar-refractivity contribution >= 4 is 18.0 Å². The highest BCUT2D eigenvalue weighted by molar-refractivity contribution is 5.96. The van der Waals surface area contributed by atoms with Gasteiger partial charge in [0.2, 0.25) is 0 Å². The lowest BCUT2D eigenvalue weighted by molar-refractivity contribution is -0.137. The molecule has 1 aliphatic rings. The quantitative estimate of drug-likeness (QED) is 0.620. The number of amides is 1. The first kappa shape index (κ1) is 19.5. The van der Waals surface area contributed by atoms with Crippen molar-refractivity contribution in [3.8, 4) is 0 Å². The minimum atomic E-state index is -0.712. The number of hydrogen-bond acceptors (Lipinski definition) is 7. The van der Waals surface area contributed by atoms with Gasteiger partial charge in [0.25, 0.3) is 0 Å². The molecule has 0 atom stereocenters. The number of ether oxygens (including phenoxy) is 3. The molecule has 1 heterocycles. The van der Waals surface area contributed by atoms with Crippen LogP contribution in [0.2, 0.25) is 0 Å². The Kier molecular flexibility index (Phi) is 6.00. The molecule has 0 fully saturated rings. The molecular formula is C16H24N2O6. The Hall–Kier alpha value is -2.51. The van der Waals surface area contributed by atoms with Gasteiger partial charge in [-0.05, 0) is 34.6 Å². The Morgan fingerprint density at radius 3 is 1.71 bits per heavy atom. The van der Waals surface area contributed by atoms with Gasteiger partial charge >= 0.3 is 18.0 Å². The maximum absolute atomic E-state index is 12.1. The standard InChI is InChI=1S/C16H24N2O6/c1-9-11(13(19)22-6)8-12(14(20)23-7)10(2)18(9)17-15(21)24-16(3,4)5/h8H2,1-7H3,(H,17,21). The molecule has 0 saturated heterocycles. The van der Waals surface area contributed by atoms with Crippen molar-refractivity contribution in [2.75, 3.05) is 14.2 Å². The van der Waals surface area contributed by atoms with Crippen LogP contribution < -0.4 is 5.43 Å². The van der Waals surface area contributed by atoms with E-state index in [1.165, 1.54) is 19.2 Å². The summed E-state index contributed by atoms with van der Waals surface area (Å²) in [5.41, 5.74) is 3.23.